The molecule has 0 aromatic heterocycles. The van der Waals surface area contributed by atoms with Gasteiger partial charge in [-0.25, -0.2) is 0 Å². The van der Waals surface area contributed by atoms with E-state index in [-0.39, 0.29) is 12.4 Å². The Bertz CT molecular complexity index is 623. The van der Waals surface area contributed by atoms with E-state index in [0.29, 0.717) is 17.1 Å². The maximum Gasteiger partial charge on any atom is 0.200 e. The molecule has 0 atom stereocenters. The smallest absolute Gasteiger partial charge is 0.200 e. The standard InChI is InChI=1S/C16H15BrO3/c1-11-6-7-16(14(17)8-11)20-10-15(18)12-4-3-5-13(9-12)19-2/h3-9H,10H2,1-2H3. The summed E-state index contributed by atoms with van der Waals surface area (Å²) in [4.78, 5) is 12.1. The number of carbonyl (C=O) groups excluding carboxylic acids is 1. The van der Waals surface area contributed by atoms with Gasteiger partial charge in [-0.15, -0.1) is 0 Å². The van der Waals surface area contributed by atoms with E-state index in [1.54, 1.807) is 31.4 Å². The molecular weight excluding hydrogens is 320 g/mol. The molecular formula is C16H15BrO3. The van der Waals surface area contributed by atoms with Gasteiger partial charge in [0.15, 0.2) is 12.4 Å². The molecule has 0 heterocycles. The summed E-state index contributed by atoms with van der Waals surface area (Å²) < 4.78 is 11.5. The number of hydrogen-bond acceptors (Lipinski definition) is 3. The van der Waals surface area contributed by atoms with E-state index in [1.165, 1.54) is 0 Å². The summed E-state index contributed by atoms with van der Waals surface area (Å²) in [6, 6.07) is 12.8. The Kier molecular flexibility index (Phi) is 4.79. The number of ketones is 1. The molecule has 0 bridgehead atoms. The Morgan fingerprint density at radius 3 is 2.70 bits per heavy atom. The topological polar surface area (TPSA) is 35.5 Å². The van der Waals surface area contributed by atoms with Gasteiger partial charge in [0, 0.05) is 5.56 Å². The number of methoxy groups -OCH3 is 1. The lowest BCUT2D eigenvalue weighted by Gasteiger charge is -2.08. The van der Waals surface area contributed by atoms with Gasteiger partial charge in [-0.05, 0) is 52.7 Å². The molecule has 3 nitrogen and oxygen atoms in total. The quantitative estimate of drug-likeness (QED) is 0.774. The van der Waals surface area contributed by atoms with Crippen LogP contribution in [-0.4, -0.2) is 19.5 Å². The second-order valence-corrected chi connectivity index (χ2v) is 5.23. The van der Waals surface area contributed by atoms with E-state index in [4.69, 9.17) is 9.47 Å². The van der Waals surface area contributed by atoms with Crippen molar-refractivity contribution in [1.82, 2.24) is 0 Å². The summed E-state index contributed by atoms with van der Waals surface area (Å²) in [7, 11) is 1.57. The van der Waals surface area contributed by atoms with Crippen molar-refractivity contribution in [2.45, 2.75) is 6.92 Å². The average Bonchev–Trinajstić information content (AvgIpc) is 2.46. The molecule has 0 aliphatic heterocycles. The predicted octanol–water partition coefficient (Wildman–Crippen LogP) is 4.03. The zero-order valence-electron chi connectivity index (χ0n) is 11.4. The number of carbonyl (C=O) groups is 1. The van der Waals surface area contributed by atoms with Crippen LogP contribution >= 0.6 is 15.9 Å². The molecule has 20 heavy (non-hydrogen) atoms. The third-order valence-electron chi connectivity index (χ3n) is 2.84. The van der Waals surface area contributed by atoms with Gasteiger partial charge in [-0.1, -0.05) is 18.2 Å². The van der Waals surface area contributed by atoms with Gasteiger partial charge in [0.1, 0.15) is 11.5 Å². The average molecular weight is 335 g/mol. The molecule has 0 aliphatic carbocycles. The maximum absolute atomic E-state index is 12.1. The van der Waals surface area contributed by atoms with Crippen LogP contribution in [0.4, 0.5) is 0 Å². The Balaban J connectivity index is 2.04. The van der Waals surface area contributed by atoms with Crippen LogP contribution in [0.3, 0.4) is 0 Å². The zero-order chi connectivity index (χ0) is 14.5. The van der Waals surface area contributed by atoms with E-state index >= 15 is 0 Å². The molecule has 0 fully saturated rings. The number of rotatable bonds is 5. The van der Waals surface area contributed by atoms with E-state index < -0.39 is 0 Å². The highest BCUT2D eigenvalue weighted by molar-refractivity contribution is 9.10. The predicted molar refractivity (Wildman–Crippen MR) is 81.7 cm³/mol. The Labute approximate surface area is 126 Å². The largest absolute Gasteiger partial charge is 0.497 e. The van der Waals surface area contributed by atoms with E-state index in [2.05, 4.69) is 15.9 Å². The highest BCUT2D eigenvalue weighted by Gasteiger charge is 2.09. The van der Waals surface area contributed by atoms with Crippen molar-refractivity contribution < 1.29 is 14.3 Å². The molecule has 0 saturated heterocycles. The van der Waals surface area contributed by atoms with Crippen LogP contribution in [-0.2, 0) is 0 Å². The normalized spacial score (nSPS) is 10.2. The first-order chi connectivity index (χ1) is 9.60. The number of Topliss-reactive ketones (excluding diaryl/α,β-unsaturated/α-hetero) is 1. The van der Waals surface area contributed by atoms with Crippen molar-refractivity contribution in [3.8, 4) is 11.5 Å². The number of halogens is 1. The van der Waals surface area contributed by atoms with Gasteiger partial charge in [0.25, 0.3) is 0 Å². The molecule has 2 aromatic rings. The molecule has 0 N–H and O–H groups in total. The van der Waals surface area contributed by atoms with Crippen LogP contribution in [0.1, 0.15) is 15.9 Å². The molecule has 2 aromatic carbocycles. The van der Waals surface area contributed by atoms with Crippen LogP contribution in [0, 0.1) is 6.92 Å². The molecule has 0 saturated carbocycles. The lowest BCUT2D eigenvalue weighted by molar-refractivity contribution is 0.0920. The summed E-state index contributed by atoms with van der Waals surface area (Å²) in [5.74, 6) is 1.23. The van der Waals surface area contributed by atoms with E-state index in [0.717, 1.165) is 10.0 Å². The van der Waals surface area contributed by atoms with Gasteiger partial charge < -0.3 is 9.47 Å². The second-order valence-electron chi connectivity index (χ2n) is 4.38. The van der Waals surface area contributed by atoms with Crippen LogP contribution in [0.5, 0.6) is 11.5 Å². The highest BCUT2D eigenvalue weighted by atomic mass is 79.9. The van der Waals surface area contributed by atoms with E-state index in [1.807, 2.05) is 25.1 Å². The van der Waals surface area contributed by atoms with Crippen molar-refractivity contribution in [3.63, 3.8) is 0 Å². The fourth-order valence-corrected chi connectivity index (χ4v) is 2.35. The SMILES string of the molecule is COc1cccc(C(=O)COc2ccc(C)cc2Br)c1. The molecule has 0 radical (unpaired) electrons. The Morgan fingerprint density at radius 2 is 2.00 bits per heavy atom. The molecule has 104 valence electrons. The lowest BCUT2D eigenvalue weighted by atomic mass is 10.1. The van der Waals surface area contributed by atoms with Gasteiger partial charge >= 0.3 is 0 Å². The third kappa shape index (κ3) is 3.61. The van der Waals surface area contributed by atoms with Gasteiger partial charge in [-0.3, -0.25) is 4.79 Å². The number of aryl methyl sites for hydroxylation is 1. The van der Waals surface area contributed by atoms with Crippen molar-refractivity contribution in [2.24, 2.45) is 0 Å². The lowest BCUT2D eigenvalue weighted by Crippen LogP contribution is -2.11. The highest BCUT2D eigenvalue weighted by Crippen LogP contribution is 2.26. The summed E-state index contributed by atoms with van der Waals surface area (Å²) in [6.45, 7) is 1.99. The molecule has 2 rings (SSSR count). The fraction of sp³-hybridized carbons (Fsp3) is 0.188. The number of benzene rings is 2. The third-order valence-corrected chi connectivity index (χ3v) is 3.46. The number of ether oxygens (including phenoxy) is 2. The van der Waals surface area contributed by atoms with Crippen LogP contribution in [0.25, 0.3) is 0 Å². The van der Waals surface area contributed by atoms with Crippen molar-refractivity contribution in [1.29, 1.82) is 0 Å². The molecule has 0 spiro atoms. The summed E-state index contributed by atoms with van der Waals surface area (Å²) in [6.07, 6.45) is 0. The fourth-order valence-electron chi connectivity index (χ4n) is 1.75. The van der Waals surface area contributed by atoms with Crippen molar-refractivity contribution >= 4 is 21.7 Å². The van der Waals surface area contributed by atoms with Crippen LogP contribution < -0.4 is 9.47 Å². The molecule has 4 heteroatoms. The molecule has 0 amide bonds. The molecule has 0 aliphatic rings. The van der Waals surface area contributed by atoms with Crippen LogP contribution in [0.2, 0.25) is 0 Å². The molecule has 0 unspecified atom stereocenters. The van der Waals surface area contributed by atoms with Crippen LogP contribution in [0.15, 0.2) is 46.9 Å². The minimum atomic E-state index is -0.0867. The minimum Gasteiger partial charge on any atom is -0.497 e. The Morgan fingerprint density at radius 1 is 1.20 bits per heavy atom. The maximum atomic E-state index is 12.1. The first kappa shape index (κ1) is 14.6. The Hall–Kier alpha value is -1.81. The first-order valence-electron chi connectivity index (χ1n) is 6.16. The zero-order valence-corrected chi connectivity index (χ0v) is 12.9. The van der Waals surface area contributed by atoms with Crippen molar-refractivity contribution in [3.05, 3.63) is 58.1 Å². The minimum absolute atomic E-state index is 0.00513. The number of hydrogen-bond donors (Lipinski definition) is 0. The summed E-state index contributed by atoms with van der Waals surface area (Å²) in [5, 5.41) is 0. The second kappa shape index (κ2) is 6.57. The van der Waals surface area contributed by atoms with E-state index in [9.17, 15) is 4.79 Å². The van der Waals surface area contributed by atoms with Crippen molar-refractivity contribution in [2.75, 3.05) is 13.7 Å². The summed E-state index contributed by atoms with van der Waals surface area (Å²) in [5.41, 5.74) is 1.70. The summed E-state index contributed by atoms with van der Waals surface area (Å²) >= 11 is 3.42. The van der Waals surface area contributed by atoms with Gasteiger partial charge in [-0.2, -0.15) is 0 Å². The van der Waals surface area contributed by atoms with Gasteiger partial charge in [0.2, 0.25) is 0 Å². The monoisotopic (exact) mass is 334 g/mol. The first-order valence-corrected chi connectivity index (χ1v) is 6.95. The van der Waals surface area contributed by atoms with Gasteiger partial charge in [0.05, 0.1) is 11.6 Å².